The first-order valence-electron chi connectivity index (χ1n) is 7.06. The summed E-state index contributed by atoms with van der Waals surface area (Å²) in [4.78, 5) is 4.16. The van der Waals surface area contributed by atoms with Crippen molar-refractivity contribution in [3.05, 3.63) is 12.0 Å². The number of hydrogen-bond donors (Lipinski definition) is 2. The van der Waals surface area contributed by atoms with E-state index in [1.54, 1.807) is 6.20 Å². The first kappa shape index (κ1) is 17.1. The summed E-state index contributed by atoms with van der Waals surface area (Å²) in [5.41, 5.74) is 5.03. The fourth-order valence-corrected chi connectivity index (χ4v) is 3.59. The number of rotatable bonds is 8. The Morgan fingerprint density at radius 3 is 2.60 bits per heavy atom. The molecule has 1 aromatic rings. The highest BCUT2D eigenvalue weighted by Gasteiger charge is 2.30. The molecule has 1 rings (SSSR count). The average Bonchev–Trinajstić information content (AvgIpc) is 2.72. The molecule has 116 valence electrons. The molecule has 1 heterocycles. The van der Waals surface area contributed by atoms with Crippen molar-refractivity contribution in [2.75, 3.05) is 6.54 Å². The number of aromatic nitrogens is 2. The summed E-state index contributed by atoms with van der Waals surface area (Å²) in [6.45, 7) is 8.87. The monoisotopic (exact) mass is 302 g/mol. The van der Waals surface area contributed by atoms with Gasteiger partial charge in [-0.25, -0.2) is 18.1 Å². The molecule has 1 atom stereocenters. The maximum Gasteiger partial charge on any atom is 0.260 e. The lowest BCUT2D eigenvalue weighted by atomic mass is 9.96. The van der Waals surface area contributed by atoms with Crippen molar-refractivity contribution in [3.63, 3.8) is 0 Å². The normalized spacial score (nSPS) is 15.2. The van der Waals surface area contributed by atoms with Crippen LogP contribution in [0.4, 0.5) is 0 Å². The zero-order valence-corrected chi connectivity index (χ0v) is 13.6. The SMILES string of the molecule is CCCn1cc(S(=O)(=O)NC(C)(CC)CCN)nc1C. The van der Waals surface area contributed by atoms with Crippen molar-refractivity contribution in [2.24, 2.45) is 5.73 Å². The van der Waals surface area contributed by atoms with E-state index < -0.39 is 15.6 Å². The van der Waals surface area contributed by atoms with Crippen LogP contribution < -0.4 is 10.5 Å². The third kappa shape index (κ3) is 4.04. The molecular formula is C13H26N4O2S. The number of aryl methyl sites for hydroxylation is 2. The van der Waals surface area contributed by atoms with E-state index >= 15 is 0 Å². The first-order valence-corrected chi connectivity index (χ1v) is 8.54. The molecule has 0 fully saturated rings. The Morgan fingerprint density at radius 1 is 1.45 bits per heavy atom. The van der Waals surface area contributed by atoms with Crippen molar-refractivity contribution in [1.29, 1.82) is 0 Å². The number of hydrogen-bond acceptors (Lipinski definition) is 4. The molecule has 0 aliphatic rings. The van der Waals surface area contributed by atoms with Gasteiger partial charge in [0, 0.05) is 18.3 Å². The largest absolute Gasteiger partial charge is 0.334 e. The molecule has 3 N–H and O–H groups in total. The van der Waals surface area contributed by atoms with E-state index in [-0.39, 0.29) is 5.03 Å². The molecule has 1 unspecified atom stereocenters. The van der Waals surface area contributed by atoms with E-state index in [1.807, 2.05) is 32.3 Å². The predicted molar refractivity (Wildman–Crippen MR) is 79.9 cm³/mol. The number of nitrogens with zero attached hydrogens (tertiary/aromatic N) is 2. The second-order valence-corrected chi connectivity index (χ2v) is 7.01. The highest BCUT2D eigenvalue weighted by molar-refractivity contribution is 7.89. The smallest absolute Gasteiger partial charge is 0.260 e. The third-order valence-electron chi connectivity index (χ3n) is 3.55. The highest BCUT2D eigenvalue weighted by Crippen LogP contribution is 2.18. The van der Waals surface area contributed by atoms with Crippen molar-refractivity contribution in [3.8, 4) is 0 Å². The van der Waals surface area contributed by atoms with Crippen LogP contribution in [0.15, 0.2) is 11.2 Å². The fraction of sp³-hybridized carbons (Fsp3) is 0.769. The number of nitrogens with two attached hydrogens (primary N) is 1. The molecule has 0 aliphatic carbocycles. The summed E-state index contributed by atoms with van der Waals surface area (Å²) in [6, 6.07) is 0. The molecule has 0 radical (unpaired) electrons. The quantitative estimate of drug-likeness (QED) is 0.759. The van der Waals surface area contributed by atoms with Gasteiger partial charge in [-0.15, -0.1) is 0 Å². The molecule has 0 amide bonds. The standard InChI is InChI=1S/C13H26N4O2S/c1-5-9-17-10-12(15-11(17)3)20(18,19)16-13(4,6-2)7-8-14/h10,16H,5-9,14H2,1-4H3. The summed E-state index contributed by atoms with van der Waals surface area (Å²) in [5.74, 6) is 0.712. The Kier molecular flexibility index (Phi) is 5.73. The van der Waals surface area contributed by atoms with Crippen LogP contribution in [0.2, 0.25) is 0 Å². The fourth-order valence-electron chi connectivity index (χ4n) is 2.07. The van der Waals surface area contributed by atoms with Crippen LogP contribution >= 0.6 is 0 Å². The Labute approximate surface area is 121 Å². The molecule has 0 saturated carbocycles. The van der Waals surface area contributed by atoms with Crippen LogP contribution in [-0.4, -0.2) is 30.1 Å². The van der Waals surface area contributed by atoms with Gasteiger partial charge in [0.1, 0.15) is 5.82 Å². The van der Waals surface area contributed by atoms with Crippen LogP contribution in [0, 0.1) is 6.92 Å². The van der Waals surface area contributed by atoms with Gasteiger partial charge in [0.25, 0.3) is 10.0 Å². The lowest BCUT2D eigenvalue weighted by Gasteiger charge is -2.28. The Balaban J connectivity index is 3.01. The third-order valence-corrected chi connectivity index (χ3v) is 5.06. The van der Waals surface area contributed by atoms with Crippen molar-refractivity contribution < 1.29 is 8.42 Å². The van der Waals surface area contributed by atoms with E-state index in [4.69, 9.17) is 5.73 Å². The second-order valence-electron chi connectivity index (χ2n) is 5.38. The molecule has 0 saturated heterocycles. The highest BCUT2D eigenvalue weighted by atomic mass is 32.2. The summed E-state index contributed by atoms with van der Waals surface area (Å²) in [6.07, 6.45) is 3.80. The topological polar surface area (TPSA) is 90.0 Å². The van der Waals surface area contributed by atoms with E-state index in [2.05, 4.69) is 9.71 Å². The van der Waals surface area contributed by atoms with Gasteiger partial charge in [-0.2, -0.15) is 0 Å². The first-order chi connectivity index (χ1) is 9.28. The molecule has 1 aromatic heterocycles. The number of sulfonamides is 1. The van der Waals surface area contributed by atoms with Gasteiger partial charge in [0.05, 0.1) is 0 Å². The van der Waals surface area contributed by atoms with Crippen molar-refractivity contribution >= 4 is 10.0 Å². The lowest BCUT2D eigenvalue weighted by molar-refractivity contribution is 0.378. The van der Waals surface area contributed by atoms with Gasteiger partial charge < -0.3 is 10.3 Å². The van der Waals surface area contributed by atoms with Crippen LogP contribution in [-0.2, 0) is 16.6 Å². The van der Waals surface area contributed by atoms with Crippen LogP contribution in [0.3, 0.4) is 0 Å². The molecule has 6 nitrogen and oxygen atoms in total. The Hall–Kier alpha value is -0.920. The minimum Gasteiger partial charge on any atom is -0.334 e. The van der Waals surface area contributed by atoms with E-state index in [9.17, 15) is 8.42 Å². The van der Waals surface area contributed by atoms with Crippen LogP contribution in [0.5, 0.6) is 0 Å². The van der Waals surface area contributed by atoms with Crippen LogP contribution in [0.25, 0.3) is 0 Å². The predicted octanol–water partition coefficient (Wildman–Crippen LogP) is 1.40. The molecule has 7 heteroatoms. The summed E-state index contributed by atoms with van der Waals surface area (Å²) >= 11 is 0. The van der Waals surface area contributed by atoms with Crippen molar-refractivity contribution in [2.45, 2.75) is 64.1 Å². The van der Waals surface area contributed by atoms with Crippen molar-refractivity contribution in [1.82, 2.24) is 14.3 Å². The van der Waals surface area contributed by atoms with Gasteiger partial charge in [-0.3, -0.25) is 0 Å². The average molecular weight is 302 g/mol. The molecule has 0 spiro atoms. The Morgan fingerprint density at radius 2 is 2.10 bits per heavy atom. The van der Waals surface area contributed by atoms with E-state index in [0.29, 0.717) is 25.2 Å². The second kappa shape index (κ2) is 6.69. The number of nitrogens with one attached hydrogen (secondary N) is 1. The van der Waals surface area contributed by atoms with Gasteiger partial charge in [0.2, 0.25) is 0 Å². The van der Waals surface area contributed by atoms with E-state index in [0.717, 1.165) is 13.0 Å². The minimum absolute atomic E-state index is 0.0835. The zero-order chi connectivity index (χ0) is 15.4. The minimum atomic E-state index is -3.61. The van der Waals surface area contributed by atoms with Crippen LogP contribution in [0.1, 0.15) is 45.9 Å². The molecule has 0 bridgehead atoms. The zero-order valence-electron chi connectivity index (χ0n) is 12.8. The Bertz CT molecular complexity index is 539. The molecular weight excluding hydrogens is 276 g/mol. The maximum atomic E-state index is 12.4. The van der Waals surface area contributed by atoms with Gasteiger partial charge in [-0.1, -0.05) is 13.8 Å². The van der Waals surface area contributed by atoms with E-state index in [1.165, 1.54) is 0 Å². The molecule has 0 aliphatic heterocycles. The molecule has 0 aromatic carbocycles. The number of imidazole rings is 1. The van der Waals surface area contributed by atoms with Gasteiger partial charge in [0.15, 0.2) is 5.03 Å². The van der Waals surface area contributed by atoms with Gasteiger partial charge in [-0.05, 0) is 39.7 Å². The lowest BCUT2D eigenvalue weighted by Crippen LogP contribution is -2.46. The summed E-state index contributed by atoms with van der Waals surface area (Å²) < 4.78 is 29.4. The molecule has 20 heavy (non-hydrogen) atoms. The summed E-state index contributed by atoms with van der Waals surface area (Å²) in [5, 5.41) is 0.0835. The van der Waals surface area contributed by atoms with Gasteiger partial charge >= 0.3 is 0 Å². The summed E-state index contributed by atoms with van der Waals surface area (Å²) in [7, 11) is -3.61. The maximum absolute atomic E-state index is 12.4.